The zero-order valence-corrected chi connectivity index (χ0v) is 12.2. The third-order valence-electron chi connectivity index (χ3n) is 3.44. The van der Waals surface area contributed by atoms with Crippen LogP contribution < -0.4 is 4.74 Å². The molecule has 3 rings (SSSR count). The van der Waals surface area contributed by atoms with Crippen molar-refractivity contribution < 1.29 is 23.8 Å². The molecular formula is C17H14O5. The van der Waals surface area contributed by atoms with Gasteiger partial charge in [0.1, 0.15) is 17.9 Å². The van der Waals surface area contributed by atoms with Gasteiger partial charge in [0.2, 0.25) is 0 Å². The van der Waals surface area contributed by atoms with Crippen LogP contribution in [0.5, 0.6) is 5.75 Å². The molecule has 0 N–H and O–H groups in total. The van der Waals surface area contributed by atoms with E-state index in [1.807, 2.05) is 30.3 Å². The van der Waals surface area contributed by atoms with Crippen LogP contribution in [0.4, 0.5) is 0 Å². The van der Waals surface area contributed by atoms with Gasteiger partial charge in [0.05, 0.1) is 12.7 Å². The van der Waals surface area contributed by atoms with Gasteiger partial charge in [-0.15, -0.1) is 0 Å². The number of carbonyl (C=O) groups excluding carboxylic acids is 2. The van der Waals surface area contributed by atoms with E-state index < -0.39 is 11.9 Å². The number of esters is 2. The molecule has 2 aromatic carbocycles. The summed E-state index contributed by atoms with van der Waals surface area (Å²) in [4.78, 5) is 23.4. The van der Waals surface area contributed by atoms with E-state index in [0.717, 1.165) is 10.8 Å². The second-order valence-electron chi connectivity index (χ2n) is 4.84. The Morgan fingerprint density at radius 2 is 1.91 bits per heavy atom. The van der Waals surface area contributed by atoms with Crippen molar-refractivity contribution in [3.63, 3.8) is 0 Å². The minimum absolute atomic E-state index is 0.000622. The molecular weight excluding hydrogens is 284 g/mol. The first-order valence-corrected chi connectivity index (χ1v) is 6.76. The molecule has 0 amide bonds. The standard InChI is InChI=1S/C17H14O5/c1-10(18)22-16-13(17(19)20-2)9-21-14-8-7-11-5-3-4-6-12(11)15(14)16/h3-8H,9H2,1-2H3. The number of hydrogen-bond acceptors (Lipinski definition) is 5. The Morgan fingerprint density at radius 1 is 1.14 bits per heavy atom. The maximum atomic E-state index is 12.0. The number of methoxy groups -OCH3 is 1. The van der Waals surface area contributed by atoms with Crippen molar-refractivity contribution in [1.29, 1.82) is 0 Å². The minimum Gasteiger partial charge on any atom is -0.488 e. The average molecular weight is 298 g/mol. The van der Waals surface area contributed by atoms with E-state index in [1.165, 1.54) is 14.0 Å². The topological polar surface area (TPSA) is 61.8 Å². The van der Waals surface area contributed by atoms with Gasteiger partial charge in [-0.1, -0.05) is 30.3 Å². The van der Waals surface area contributed by atoms with Crippen LogP contribution in [-0.4, -0.2) is 25.7 Å². The van der Waals surface area contributed by atoms with Crippen molar-refractivity contribution in [2.45, 2.75) is 6.92 Å². The molecule has 0 spiro atoms. The molecule has 2 aromatic rings. The van der Waals surface area contributed by atoms with Gasteiger partial charge in [-0.3, -0.25) is 4.79 Å². The number of fused-ring (bicyclic) bond motifs is 3. The molecule has 0 aromatic heterocycles. The molecule has 0 saturated heterocycles. The van der Waals surface area contributed by atoms with Crippen LogP contribution in [0.1, 0.15) is 12.5 Å². The molecule has 0 unspecified atom stereocenters. The lowest BCUT2D eigenvalue weighted by molar-refractivity contribution is -0.136. The predicted molar refractivity (Wildman–Crippen MR) is 80.1 cm³/mol. The molecule has 1 aliphatic rings. The summed E-state index contributed by atoms with van der Waals surface area (Å²) in [6.45, 7) is 1.29. The van der Waals surface area contributed by atoms with Gasteiger partial charge in [-0.05, 0) is 16.8 Å². The largest absolute Gasteiger partial charge is 0.488 e. The van der Waals surface area contributed by atoms with E-state index >= 15 is 0 Å². The Labute approximate surface area is 127 Å². The van der Waals surface area contributed by atoms with Gasteiger partial charge in [-0.25, -0.2) is 4.79 Å². The molecule has 0 saturated carbocycles. The van der Waals surface area contributed by atoms with Crippen molar-refractivity contribution in [3.05, 3.63) is 47.5 Å². The summed E-state index contributed by atoms with van der Waals surface area (Å²) in [5.41, 5.74) is 0.793. The Balaban J connectivity index is 2.31. The van der Waals surface area contributed by atoms with E-state index in [4.69, 9.17) is 14.2 Å². The van der Waals surface area contributed by atoms with E-state index in [-0.39, 0.29) is 17.9 Å². The lowest BCUT2D eigenvalue weighted by Gasteiger charge is -2.23. The lowest BCUT2D eigenvalue weighted by Crippen LogP contribution is -2.21. The maximum absolute atomic E-state index is 12.0. The van der Waals surface area contributed by atoms with Gasteiger partial charge < -0.3 is 14.2 Å². The number of ether oxygens (including phenoxy) is 3. The van der Waals surface area contributed by atoms with Gasteiger partial charge >= 0.3 is 11.9 Å². The number of rotatable bonds is 2. The Kier molecular flexibility index (Phi) is 3.55. The second kappa shape index (κ2) is 5.52. The molecule has 5 nitrogen and oxygen atoms in total. The third kappa shape index (κ3) is 2.30. The highest BCUT2D eigenvalue weighted by Crippen LogP contribution is 2.39. The quantitative estimate of drug-likeness (QED) is 0.798. The van der Waals surface area contributed by atoms with Gasteiger partial charge in [0.15, 0.2) is 5.76 Å². The minimum atomic E-state index is -0.574. The summed E-state index contributed by atoms with van der Waals surface area (Å²) in [5.74, 6) is -0.299. The molecule has 0 radical (unpaired) electrons. The third-order valence-corrected chi connectivity index (χ3v) is 3.44. The number of carbonyl (C=O) groups is 2. The monoisotopic (exact) mass is 298 g/mol. The molecule has 0 fully saturated rings. The van der Waals surface area contributed by atoms with E-state index in [2.05, 4.69) is 0 Å². The van der Waals surface area contributed by atoms with Crippen LogP contribution in [0.3, 0.4) is 0 Å². The van der Waals surface area contributed by atoms with E-state index in [9.17, 15) is 9.59 Å². The van der Waals surface area contributed by atoms with Crippen molar-refractivity contribution >= 4 is 28.5 Å². The first-order chi connectivity index (χ1) is 10.6. The molecule has 0 atom stereocenters. The molecule has 22 heavy (non-hydrogen) atoms. The fourth-order valence-electron chi connectivity index (χ4n) is 2.50. The Hall–Kier alpha value is -2.82. The Morgan fingerprint density at radius 3 is 2.64 bits per heavy atom. The van der Waals surface area contributed by atoms with E-state index in [1.54, 1.807) is 6.07 Å². The van der Waals surface area contributed by atoms with Gasteiger partial charge in [0, 0.05) is 6.92 Å². The molecule has 1 heterocycles. The van der Waals surface area contributed by atoms with Crippen LogP contribution in [-0.2, 0) is 19.1 Å². The van der Waals surface area contributed by atoms with Crippen LogP contribution in [0.25, 0.3) is 16.5 Å². The lowest BCUT2D eigenvalue weighted by atomic mass is 9.98. The Bertz CT molecular complexity index is 804. The van der Waals surface area contributed by atoms with Crippen molar-refractivity contribution in [1.82, 2.24) is 0 Å². The summed E-state index contributed by atoms with van der Waals surface area (Å²) in [6.07, 6.45) is 0. The SMILES string of the molecule is COC(=O)C1=C(OC(C)=O)c2c(ccc3ccccc23)OC1. The average Bonchev–Trinajstić information content (AvgIpc) is 2.53. The predicted octanol–water partition coefficient (Wildman–Crippen LogP) is 2.68. The molecule has 0 aliphatic carbocycles. The van der Waals surface area contributed by atoms with Gasteiger partial charge in [-0.2, -0.15) is 0 Å². The van der Waals surface area contributed by atoms with Crippen LogP contribution in [0, 0.1) is 0 Å². The van der Waals surface area contributed by atoms with Crippen LogP contribution in [0.15, 0.2) is 42.0 Å². The first kappa shape index (κ1) is 14.1. The number of hydrogen-bond donors (Lipinski definition) is 0. The molecule has 0 bridgehead atoms. The summed E-state index contributed by atoms with van der Waals surface area (Å²) < 4.78 is 15.7. The highest BCUT2D eigenvalue weighted by atomic mass is 16.6. The van der Waals surface area contributed by atoms with Gasteiger partial charge in [0.25, 0.3) is 0 Å². The highest BCUT2D eigenvalue weighted by molar-refractivity contribution is 6.05. The van der Waals surface area contributed by atoms with Crippen LogP contribution in [0.2, 0.25) is 0 Å². The smallest absolute Gasteiger partial charge is 0.341 e. The fourth-order valence-corrected chi connectivity index (χ4v) is 2.50. The van der Waals surface area contributed by atoms with Crippen molar-refractivity contribution in [3.8, 4) is 5.75 Å². The molecule has 1 aliphatic heterocycles. The highest BCUT2D eigenvalue weighted by Gasteiger charge is 2.29. The molecule has 5 heteroatoms. The summed E-state index contributed by atoms with van der Waals surface area (Å²) in [6, 6.07) is 11.3. The summed E-state index contributed by atoms with van der Waals surface area (Å²) >= 11 is 0. The summed E-state index contributed by atoms with van der Waals surface area (Å²) in [5, 5.41) is 1.80. The fraction of sp³-hybridized carbons (Fsp3) is 0.176. The zero-order chi connectivity index (χ0) is 15.7. The zero-order valence-electron chi connectivity index (χ0n) is 12.2. The second-order valence-corrected chi connectivity index (χ2v) is 4.84. The first-order valence-electron chi connectivity index (χ1n) is 6.76. The van der Waals surface area contributed by atoms with Crippen molar-refractivity contribution in [2.75, 3.05) is 13.7 Å². The molecule has 112 valence electrons. The summed E-state index contributed by atoms with van der Waals surface area (Å²) in [7, 11) is 1.28. The normalized spacial score (nSPS) is 13.4. The number of benzene rings is 2. The maximum Gasteiger partial charge on any atom is 0.341 e. The van der Waals surface area contributed by atoms with E-state index in [0.29, 0.717) is 11.3 Å². The van der Waals surface area contributed by atoms with Crippen LogP contribution >= 0.6 is 0 Å². The van der Waals surface area contributed by atoms with Crippen molar-refractivity contribution in [2.24, 2.45) is 0 Å².